The molecular formula is C16H16ClFO. The summed E-state index contributed by atoms with van der Waals surface area (Å²) in [4.78, 5) is 0. The highest BCUT2D eigenvalue weighted by Gasteiger charge is 2.13. The van der Waals surface area contributed by atoms with E-state index >= 15 is 0 Å². The summed E-state index contributed by atoms with van der Waals surface area (Å²) in [7, 11) is 1.64. The Labute approximate surface area is 118 Å². The second-order valence-electron chi connectivity index (χ2n) is 4.49. The van der Waals surface area contributed by atoms with E-state index in [4.69, 9.17) is 16.3 Å². The highest BCUT2D eigenvalue weighted by molar-refractivity contribution is 6.20. The number of ether oxygens (including phenoxy) is 1. The Kier molecular flexibility index (Phi) is 4.43. The van der Waals surface area contributed by atoms with E-state index in [2.05, 4.69) is 0 Å². The van der Waals surface area contributed by atoms with Gasteiger partial charge in [-0.1, -0.05) is 30.3 Å². The Hall–Kier alpha value is -1.54. The van der Waals surface area contributed by atoms with Gasteiger partial charge in [-0.2, -0.15) is 0 Å². The van der Waals surface area contributed by atoms with Gasteiger partial charge in [0.2, 0.25) is 0 Å². The molecule has 0 bridgehead atoms. The maximum absolute atomic E-state index is 13.2. The van der Waals surface area contributed by atoms with E-state index < -0.39 is 0 Å². The van der Waals surface area contributed by atoms with Gasteiger partial charge in [-0.3, -0.25) is 0 Å². The van der Waals surface area contributed by atoms with Crippen molar-refractivity contribution in [3.05, 3.63) is 65.0 Å². The third-order valence-corrected chi connectivity index (χ3v) is 3.54. The molecule has 19 heavy (non-hydrogen) atoms. The summed E-state index contributed by atoms with van der Waals surface area (Å²) in [5.41, 5.74) is 2.58. The number of methoxy groups -OCH3 is 1. The molecule has 0 aromatic heterocycles. The molecule has 2 rings (SSSR count). The summed E-state index contributed by atoms with van der Waals surface area (Å²) in [6.07, 6.45) is 0.649. The number of alkyl halides is 1. The van der Waals surface area contributed by atoms with Gasteiger partial charge >= 0.3 is 0 Å². The molecule has 0 saturated heterocycles. The third kappa shape index (κ3) is 3.27. The van der Waals surface area contributed by atoms with Gasteiger partial charge in [0.05, 0.1) is 12.5 Å². The van der Waals surface area contributed by atoms with Crippen LogP contribution in [0.25, 0.3) is 0 Å². The number of hydrogen-bond donors (Lipinski definition) is 0. The number of halogens is 2. The number of rotatable bonds is 4. The van der Waals surface area contributed by atoms with Crippen molar-refractivity contribution in [1.82, 2.24) is 0 Å². The fourth-order valence-corrected chi connectivity index (χ4v) is 2.35. The summed E-state index contributed by atoms with van der Waals surface area (Å²) in [5.74, 6) is 0.622. The van der Waals surface area contributed by atoms with Gasteiger partial charge in [-0.15, -0.1) is 11.6 Å². The predicted molar refractivity (Wildman–Crippen MR) is 76.4 cm³/mol. The molecule has 0 aliphatic heterocycles. The van der Waals surface area contributed by atoms with Crippen molar-refractivity contribution in [3.8, 4) is 5.75 Å². The van der Waals surface area contributed by atoms with Gasteiger partial charge in [-0.05, 0) is 42.2 Å². The Bertz CT molecular complexity index is 568. The van der Waals surface area contributed by atoms with Crippen LogP contribution in [-0.4, -0.2) is 7.11 Å². The van der Waals surface area contributed by atoms with E-state index in [9.17, 15) is 4.39 Å². The highest BCUT2D eigenvalue weighted by Crippen LogP contribution is 2.30. The first-order valence-corrected chi connectivity index (χ1v) is 6.57. The van der Waals surface area contributed by atoms with Crippen LogP contribution in [0.1, 0.15) is 22.1 Å². The van der Waals surface area contributed by atoms with Crippen molar-refractivity contribution >= 4 is 11.6 Å². The summed E-state index contributed by atoms with van der Waals surface area (Å²) in [6, 6.07) is 12.8. The normalized spacial score (nSPS) is 12.2. The van der Waals surface area contributed by atoms with Crippen LogP contribution in [0.3, 0.4) is 0 Å². The molecule has 0 spiro atoms. The Morgan fingerprint density at radius 1 is 1.21 bits per heavy atom. The van der Waals surface area contributed by atoms with Crippen LogP contribution < -0.4 is 4.74 Å². The zero-order chi connectivity index (χ0) is 13.8. The maximum Gasteiger partial charge on any atom is 0.126 e. The van der Waals surface area contributed by atoms with E-state index in [0.29, 0.717) is 12.0 Å². The molecule has 100 valence electrons. The largest absolute Gasteiger partial charge is 0.496 e. The first-order chi connectivity index (χ1) is 9.11. The molecule has 0 aliphatic carbocycles. The molecule has 0 aliphatic rings. The monoisotopic (exact) mass is 278 g/mol. The molecule has 0 fully saturated rings. The van der Waals surface area contributed by atoms with Crippen LogP contribution in [0.15, 0.2) is 42.5 Å². The molecule has 1 nitrogen and oxygen atoms in total. The molecule has 0 radical (unpaired) electrons. The predicted octanol–water partition coefficient (Wildman–Crippen LogP) is 4.67. The lowest BCUT2D eigenvalue weighted by atomic mass is 10.0. The van der Waals surface area contributed by atoms with Crippen molar-refractivity contribution < 1.29 is 9.13 Å². The lowest BCUT2D eigenvalue weighted by molar-refractivity contribution is 0.409. The molecule has 0 amide bonds. The van der Waals surface area contributed by atoms with Gasteiger partial charge in [0.25, 0.3) is 0 Å². The topological polar surface area (TPSA) is 9.23 Å². The van der Waals surface area contributed by atoms with Crippen molar-refractivity contribution in [2.24, 2.45) is 0 Å². The van der Waals surface area contributed by atoms with Crippen molar-refractivity contribution in [2.45, 2.75) is 18.7 Å². The number of aryl methyl sites for hydroxylation is 1. The molecule has 0 saturated carbocycles. The molecule has 0 heterocycles. The zero-order valence-electron chi connectivity index (χ0n) is 11.0. The summed E-state index contributed by atoms with van der Waals surface area (Å²) >= 11 is 6.42. The second-order valence-corrected chi connectivity index (χ2v) is 5.02. The lowest BCUT2D eigenvalue weighted by Crippen LogP contribution is -1.99. The van der Waals surface area contributed by atoms with E-state index in [1.807, 2.05) is 24.3 Å². The van der Waals surface area contributed by atoms with Crippen molar-refractivity contribution in [3.63, 3.8) is 0 Å². The Morgan fingerprint density at radius 2 is 1.95 bits per heavy atom. The maximum atomic E-state index is 13.2. The minimum Gasteiger partial charge on any atom is -0.496 e. The molecule has 0 N–H and O–H groups in total. The number of para-hydroxylation sites is 1. The fourth-order valence-electron chi connectivity index (χ4n) is 2.05. The minimum atomic E-state index is -0.204. The zero-order valence-corrected chi connectivity index (χ0v) is 11.7. The average Bonchev–Trinajstić information content (AvgIpc) is 2.42. The van der Waals surface area contributed by atoms with Crippen LogP contribution in [0.4, 0.5) is 4.39 Å². The van der Waals surface area contributed by atoms with E-state index in [1.54, 1.807) is 26.2 Å². The second kappa shape index (κ2) is 6.07. The Balaban J connectivity index is 2.20. The molecule has 2 aromatic rings. The smallest absolute Gasteiger partial charge is 0.126 e. The SMILES string of the molecule is COc1ccccc1CC(Cl)c1ccc(F)c(C)c1. The standard InChI is InChI=1S/C16H16ClFO/c1-11-9-12(7-8-15(11)18)14(17)10-13-5-3-4-6-16(13)19-2/h3-9,14H,10H2,1-2H3. The lowest BCUT2D eigenvalue weighted by Gasteiger charge is -2.13. The van der Waals surface area contributed by atoms with Gasteiger partial charge in [0.15, 0.2) is 0 Å². The molecule has 1 unspecified atom stereocenters. The van der Waals surface area contributed by atoms with Gasteiger partial charge in [-0.25, -0.2) is 4.39 Å². The van der Waals surface area contributed by atoms with Crippen LogP contribution in [0.2, 0.25) is 0 Å². The summed E-state index contributed by atoms with van der Waals surface area (Å²) in [6.45, 7) is 1.74. The molecule has 1 atom stereocenters. The van der Waals surface area contributed by atoms with E-state index in [1.165, 1.54) is 6.07 Å². The summed E-state index contributed by atoms with van der Waals surface area (Å²) < 4.78 is 18.6. The molecular weight excluding hydrogens is 263 g/mol. The molecule has 3 heteroatoms. The Morgan fingerprint density at radius 3 is 2.63 bits per heavy atom. The number of hydrogen-bond acceptors (Lipinski definition) is 1. The van der Waals surface area contributed by atoms with Crippen molar-refractivity contribution in [1.29, 1.82) is 0 Å². The first kappa shape index (κ1) is 13.9. The van der Waals surface area contributed by atoms with Gasteiger partial charge in [0, 0.05) is 0 Å². The van der Waals surface area contributed by atoms with Crippen LogP contribution in [0.5, 0.6) is 5.75 Å². The van der Waals surface area contributed by atoms with Gasteiger partial charge in [0.1, 0.15) is 11.6 Å². The molecule has 2 aromatic carbocycles. The first-order valence-electron chi connectivity index (χ1n) is 6.14. The summed E-state index contributed by atoms with van der Waals surface area (Å²) in [5, 5.41) is -0.199. The van der Waals surface area contributed by atoms with E-state index in [-0.39, 0.29) is 11.2 Å². The van der Waals surface area contributed by atoms with E-state index in [0.717, 1.165) is 16.9 Å². The average molecular weight is 279 g/mol. The quantitative estimate of drug-likeness (QED) is 0.739. The fraction of sp³-hybridized carbons (Fsp3) is 0.250. The minimum absolute atomic E-state index is 0.199. The third-order valence-electron chi connectivity index (χ3n) is 3.14. The van der Waals surface area contributed by atoms with Crippen LogP contribution in [-0.2, 0) is 6.42 Å². The van der Waals surface area contributed by atoms with Crippen molar-refractivity contribution in [2.75, 3.05) is 7.11 Å². The van der Waals surface area contributed by atoms with Crippen LogP contribution >= 0.6 is 11.6 Å². The van der Waals surface area contributed by atoms with Gasteiger partial charge < -0.3 is 4.74 Å². The highest BCUT2D eigenvalue weighted by atomic mass is 35.5. The number of benzene rings is 2. The van der Waals surface area contributed by atoms with Crippen LogP contribution in [0, 0.1) is 12.7 Å².